The average molecular weight is 268 g/mol. The first-order valence-corrected chi connectivity index (χ1v) is 4.12. The van der Waals surface area contributed by atoms with Gasteiger partial charge in [0.1, 0.15) is 5.69 Å². The number of aliphatic hydroxyl groups is 2. The van der Waals surface area contributed by atoms with Gasteiger partial charge in [0.05, 0.1) is 11.1 Å². The fourth-order valence-corrected chi connectivity index (χ4v) is 1.04. The Morgan fingerprint density at radius 2 is 1.56 bits per heavy atom. The van der Waals surface area contributed by atoms with E-state index in [0.29, 0.717) is 0 Å². The number of nitro benzene ring substituents is 1. The molecule has 0 unspecified atom stereocenters. The molecular formula is C8H4F4N2O4. The first kappa shape index (κ1) is 13.5. The van der Waals surface area contributed by atoms with Gasteiger partial charge in [-0.05, 0) is 0 Å². The highest BCUT2D eigenvalue weighted by atomic mass is 19.2. The lowest BCUT2D eigenvalue weighted by Gasteiger charge is -2.06. The number of benzene rings is 1. The summed E-state index contributed by atoms with van der Waals surface area (Å²) in [6.07, 6.45) is 0.214. The molecule has 18 heavy (non-hydrogen) atoms. The molecule has 0 heterocycles. The van der Waals surface area contributed by atoms with Crippen molar-refractivity contribution < 1.29 is 32.7 Å². The molecule has 0 aliphatic rings. The van der Waals surface area contributed by atoms with Gasteiger partial charge >= 0.3 is 5.69 Å². The summed E-state index contributed by atoms with van der Waals surface area (Å²) >= 11 is 0. The van der Waals surface area contributed by atoms with E-state index < -0.39 is 45.5 Å². The highest BCUT2D eigenvalue weighted by Gasteiger charge is 2.32. The molecule has 0 atom stereocenters. The largest absolute Gasteiger partial charge is 0.480 e. The number of nitrogens with zero attached hydrogens (tertiary/aromatic N) is 1. The molecule has 0 bridgehead atoms. The van der Waals surface area contributed by atoms with Crippen LogP contribution in [0.25, 0.3) is 0 Å². The summed E-state index contributed by atoms with van der Waals surface area (Å²) in [6, 6.07) is 0. The third-order valence-corrected chi connectivity index (χ3v) is 1.77. The average Bonchev–Trinajstić information content (AvgIpc) is 2.26. The van der Waals surface area contributed by atoms with Crippen molar-refractivity contribution in [2.24, 2.45) is 0 Å². The van der Waals surface area contributed by atoms with Gasteiger partial charge in [-0.3, -0.25) is 10.1 Å². The highest BCUT2D eigenvalue weighted by molar-refractivity contribution is 5.55. The van der Waals surface area contributed by atoms with E-state index in [1.165, 1.54) is 5.32 Å². The Kier molecular flexibility index (Phi) is 3.59. The Morgan fingerprint density at radius 3 is 1.89 bits per heavy atom. The van der Waals surface area contributed by atoms with E-state index in [1.54, 1.807) is 0 Å². The van der Waals surface area contributed by atoms with Crippen molar-refractivity contribution in [2.45, 2.75) is 0 Å². The fraction of sp³-hybridized carbons (Fsp3) is 0. The Labute approximate surface area is 95.9 Å². The molecule has 0 aliphatic carbocycles. The van der Waals surface area contributed by atoms with E-state index >= 15 is 0 Å². The number of anilines is 1. The molecule has 0 saturated carbocycles. The SMILES string of the molecule is O=[N+]([O-])c1c(F)c(F)c(NC=C(O)O)c(F)c1F. The van der Waals surface area contributed by atoms with Gasteiger partial charge in [0, 0.05) is 0 Å². The molecule has 0 fully saturated rings. The second kappa shape index (κ2) is 4.77. The zero-order valence-corrected chi connectivity index (χ0v) is 8.25. The van der Waals surface area contributed by atoms with Gasteiger partial charge in [0.25, 0.3) is 5.95 Å². The molecule has 3 N–H and O–H groups in total. The van der Waals surface area contributed by atoms with Crippen LogP contribution in [-0.2, 0) is 0 Å². The van der Waals surface area contributed by atoms with Crippen molar-refractivity contribution in [2.75, 3.05) is 5.32 Å². The molecule has 0 radical (unpaired) electrons. The molecule has 1 rings (SSSR count). The number of rotatable bonds is 3. The van der Waals surface area contributed by atoms with E-state index in [9.17, 15) is 27.7 Å². The van der Waals surface area contributed by atoms with E-state index in [2.05, 4.69) is 0 Å². The molecule has 0 amide bonds. The predicted molar refractivity (Wildman–Crippen MR) is 49.9 cm³/mol. The van der Waals surface area contributed by atoms with Gasteiger partial charge in [-0.15, -0.1) is 0 Å². The number of hydrogen-bond acceptors (Lipinski definition) is 5. The minimum atomic E-state index is -2.22. The number of nitrogens with one attached hydrogen (secondary N) is 1. The third kappa shape index (κ3) is 2.26. The van der Waals surface area contributed by atoms with Crippen molar-refractivity contribution in [3.63, 3.8) is 0 Å². The number of hydrogen-bond donors (Lipinski definition) is 3. The van der Waals surface area contributed by atoms with Crippen molar-refractivity contribution in [3.05, 3.63) is 45.5 Å². The van der Waals surface area contributed by atoms with Crippen LogP contribution in [0.5, 0.6) is 0 Å². The predicted octanol–water partition coefficient (Wildman–Crippen LogP) is 2.48. The van der Waals surface area contributed by atoms with Crippen LogP contribution >= 0.6 is 0 Å². The Balaban J connectivity index is 3.48. The van der Waals surface area contributed by atoms with Crippen LogP contribution in [0.4, 0.5) is 28.9 Å². The highest BCUT2D eigenvalue weighted by Crippen LogP contribution is 2.32. The summed E-state index contributed by atoms with van der Waals surface area (Å²) in [5.41, 5.74) is -3.41. The summed E-state index contributed by atoms with van der Waals surface area (Å²) in [4.78, 5) is 8.58. The third-order valence-electron chi connectivity index (χ3n) is 1.77. The second-order valence-corrected chi connectivity index (χ2v) is 2.88. The van der Waals surface area contributed by atoms with E-state index in [1.807, 2.05) is 0 Å². The van der Waals surface area contributed by atoms with Gasteiger partial charge in [-0.2, -0.15) is 8.78 Å². The molecule has 0 aromatic heterocycles. The summed E-state index contributed by atoms with van der Waals surface area (Å²) in [7, 11) is 0. The van der Waals surface area contributed by atoms with Crippen LogP contribution in [0.3, 0.4) is 0 Å². The summed E-state index contributed by atoms with van der Waals surface area (Å²) in [5.74, 6) is -10.00. The zero-order valence-electron chi connectivity index (χ0n) is 8.25. The van der Waals surface area contributed by atoms with E-state index in [4.69, 9.17) is 10.2 Å². The van der Waals surface area contributed by atoms with Crippen molar-refractivity contribution in [1.29, 1.82) is 0 Å². The smallest absolute Gasteiger partial charge is 0.346 e. The molecule has 10 heteroatoms. The van der Waals surface area contributed by atoms with Crippen LogP contribution in [0.2, 0.25) is 0 Å². The minimum absolute atomic E-state index is 0.214. The van der Waals surface area contributed by atoms with Gasteiger partial charge in [0.2, 0.25) is 11.6 Å². The monoisotopic (exact) mass is 268 g/mol. The lowest BCUT2D eigenvalue weighted by molar-refractivity contribution is -0.390. The maximum Gasteiger partial charge on any atom is 0.346 e. The van der Waals surface area contributed by atoms with Crippen molar-refractivity contribution in [3.8, 4) is 0 Å². The maximum absolute atomic E-state index is 13.2. The van der Waals surface area contributed by atoms with Crippen LogP contribution in [0, 0.1) is 33.4 Å². The molecule has 0 spiro atoms. The lowest BCUT2D eigenvalue weighted by Crippen LogP contribution is -2.08. The van der Waals surface area contributed by atoms with Crippen molar-refractivity contribution in [1.82, 2.24) is 0 Å². The summed E-state index contributed by atoms with van der Waals surface area (Å²) in [5, 5.41) is 28.3. The standard InChI is InChI=1S/C8H4F4N2O4/c9-3-5(11)8(14(17)18)6(12)4(10)7(3)13-1-2(15)16/h1,13,15-16H. The quantitative estimate of drug-likeness (QED) is 0.257. The van der Waals surface area contributed by atoms with Crippen LogP contribution in [-0.4, -0.2) is 15.1 Å². The number of aliphatic hydroxyl groups excluding tert-OH is 1. The molecule has 0 saturated heterocycles. The van der Waals surface area contributed by atoms with Gasteiger partial charge in [-0.25, -0.2) is 8.78 Å². The summed E-state index contributed by atoms with van der Waals surface area (Å²) in [6.45, 7) is 0. The summed E-state index contributed by atoms with van der Waals surface area (Å²) < 4.78 is 52.5. The second-order valence-electron chi connectivity index (χ2n) is 2.88. The van der Waals surface area contributed by atoms with Crippen LogP contribution in [0.15, 0.2) is 12.1 Å². The Morgan fingerprint density at radius 1 is 1.11 bits per heavy atom. The first-order valence-electron chi connectivity index (χ1n) is 4.12. The molecule has 98 valence electrons. The van der Waals surface area contributed by atoms with Gasteiger partial charge < -0.3 is 15.5 Å². The molecule has 0 aliphatic heterocycles. The van der Waals surface area contributed by atoms with E-state index in [0.717, 1.165) is 0 Å². The Bertz CT molecular complexity index is 513. The van der Waals surface area contributed by atoms with Crippen molar-refractivity contribution >= 4 is 11.4 Å². The molecule has 1 aromatic rings. The lowest BCUT2D eigenvalue weighted by atomic mass is 10.2. The molecule has 6 nitrogen and oxygen atoms in total. The van der Waals surface area contributed by atoms with Gasteiger partial charge in [-0.1, -0.05) is 0 Å². The van der Waals surface area contributed by atoms with E-state index in [-0.39, 0.29) is 6.20 Å². The van der Waals surface area contributed by atoms with Crippen LogP contribution < -0.4 is 5.32 Å². The normalized spacial score (nSPS) is 10.0. The molecule has 1 aromatic carbocycles. The molecular weight excluding hydrogens is 264 g/mol. The van der Waals surface area contributed by atoms with Crippen LogP contribution in [0.1, 0.15) is 0 Å². The Hall–Kier alpha value is -2.52. The topological polar surface area (TPSA) is 95.6 Å². The number of nitro groups is 1. The number of halogens is 4. The maximum atomic E-state index is 13.2. The van der Waals surface area contributed by atoms with Gasteiger partial charge in [0.15, 0.2) is 11.6 Å². The zero-order chi connectivity index (χ0) is 14.0. The first-order chi connectivity index (χ1) is 8.27. The minimum Gasteiger partial charge on any atom is -0.480 e. The fourth-order valence-electron chi connectivity index (χ4n) is 1.04.